The summed E-state index contributed by atoms with van der Waals surface area (Å²) in [6.45, 7) is 6.20. The van der Waals surface area contributed by atoms with E-state index in [1.165, 1.54) is 0 Å². The number of rotatable bonds is 4. The van der Waals surface area contributed by atoms with Gasteiger partial charge in [-0.2, -0.15) is 5.10 Å². The minimum absolute atomic E-state index is 0.0342. The van der Waals surface area contributed by atoms with Gasteiger partial charge in [-0.05, 0) is 45.2 Å². The highest BCUT2D eigenvalue weighted by Crippen LogP contribution is 2.29. The van der Waals surface area contributed by atoms with Crippen molar-refractivity contribution in [2.45, 2.75) is 45.7 Å². The second-order valence-electron chi connectivity index (χ2n) is 7.04. The van der Waals surface area contributed by atoms with E-state index in [1.54, 1.807) is 6.20 Å². The average Bonchev–Trinajstić information content (AvgIpc) is 3.29. The topological polar surface area (TPSA) is 59.8 Å². The van der Waals surface area contributed by atoms with Crippen molar-refractivity contribution in [3.63, 3.8) is 0 Å². The van der Waals surface area contributed by atoms with Crippen molar-refractivity contribution in [1.29, 1.82) is 0 Å². The van der Waals surface area contributed by atoms with Crippen LogP contribution < -0.4 is 5.32 Å². The van der Waals surface area contributed by atoms with Crippen LogP contribution in [0.4, 0.5) is 0 Å². The summed E-state index contributed by atoms with van der Waals surface area (Å²) in [6, 6.07) is 10.5. The summed E-state index contributed by atoms with van der Waals surface area (Å²) >= 11 is 0. The molecule has 1 fully saturated rings. The lowest BCUT2D eigenvalue weighted by Gasteiger charge is -2.12. The van der Waals surface area contributed by atoms with Gasteiger partial charge in [0, 0.05) is 17.6 Å². The summed E-state index contributed by atoms with van der Waals surface area (Å²) in [5.74, 6) is -0.0342. The number of nitrogens with one attached hydrogen (secondary N) is 1. The van der Waals surface area contributed by atoms with Crippen LogP contribution in [0.3, 0.4) is 0 Å². The Morgan fingerprint density at radius 2 is 2.04 bits per heavy atom. The summed E-state index contributed by atoms with van der Waals surface area (Å²) in [5, 5.41) is 8.36. The van der Waals surface area contributed by atoms with Crippen LogP contribution in [0, 0.1) is 6.92 Å². The molecule has 4 rings (SSSR count). The minimum Gasteiger partial charge on any atom is -0.349 e. The average molecular weight is 334 g/mol. The predicted octanol–water partition coefficient (Wildman–Crippen LogP) is 3.88. The number of fused-ring (bicyclic) bond motifs is 1. The molecule has 5 heteroatoms. The molecule has 0 saturated heterocycles. The van der Waals surface area contributed by atoms with Crippen LogP contribution >= 0.6 is 0 Å². The lowest BCUT2D eigenvalue weighted by Crippen LogP contribution is -2.25. The van der Waals surface area contributed by atoms with Crippen molar-refractivity contribution in [3.05, 3.63) is 47.7 Å². The summed E-state index contributed by atoms with van der Waals surface area (Å²) in [6.07, 6.45) is 3.89. The van der Waals surface area contributed by atoms with Crippen LogP contribution in [-0.4, -0.2) is 26.7 Å². The van der Waals surface area contributed by atoms with E-state index in [-0.39, 0.29) is 11.9 Å². The molecule has 3 aromatic rings. The van der Waals surface area contributed by atoms with E-state index >= 15 is 0 Å². The number of carbonyl (C=O) groups is 1. The fourth-order valence-corrected chi connectivity index (χ4v) is 3.07. The molecule has 0 atom stereocenters. The summed E-state index contributed by atoms with van der Waals surface area (Å²) in [7, 11) is 0. The Kier molecular flexibility index (Phi) is 3.79. The van der Waals surface area contributed by atoms with Gasteiger partial charge in [0.2, 0.25) is 0 Å². The number of hydrogen-bond acceptors (Lipinski definition) is 3. The number of amides is 1. The number of aromatic nitrogens is 3. The van der Waals surface area contributed by atoms with Crippen LogP contribution in [0.15, 0.2) is 36.5 Å². The molecule has 1 saturated carbocycles. The Hall–Kier alpha value is -2.69. The standard InChI is InChI=1S/C20H22N4O/c1-12(2)24-19-17(11-21-24)16(20(25)22-14-8-9-14)10-18(23-19)15-7-5-4-6-13(15)3/h4-7,10-12,14H,8-9H2,1-3H3,(H,22,25). The van der Waals surface area contributed by atoms with Gasteiger partial charge < -0.3 is 5.32 Å². The second kappa shape index (κ2) is 5.99. The molecule has 2 heterocycles. The van der Waals surface area contributed by atoms with E-state index in [4.69, 9.17) is 4.98 Å². The Balaban J connectivity index is 1.92. The first-order valence-electron chi connectivity index (χ1n) is 8.79. The molecule has 0 spiro atoms. The van der Waals surface area contributed by atoms with Crippen molar-refractivity contribution >= 4 is 16.9 Å². The van der Waals surface area contributed by atoms with Gasteiger partial charge in [0.25, 0.3) is 5.91 Å². The predicted molar refractivity (Wildman–Crippen MR) is 98.6 cm³/mol. The molecule has 1 aliphatic rings. The number of nitrogens with zero attached hydrogens (tertiary/aromatic N) is 3. The maximum atomic E-state index is 12.8. The molecule has 25 heavy (non-hydrogen) atoms. The summed E-state index contributed by atoms with van der Waals surface area (Å²) in [5.41, 5.74) is 4.41. The molecule has 0 bridgehead atoms. The SMILES string of the molecule is Cc1ccccc1-c1cc(C(=O)NC2CC2)c2cnn(C(C)C)c2n1. The maximum absolute atomic E-state index is 12.8. The molecular weight excluding hydrogens is 312 g/mol. The molecule has 1 aliphatic carbocycles. The van der Waals surface area contributed by atoms with Gasteiger partial charge in [0.05, 0.1) is 22.8 Å². The third-order valence-electron chi connectivity index (χ3n) is 4.63. The third kappa shape index (κ3) is 2.90. The van der Waals surface area contributed by atoms with Gasteiger partial charge in [0.15, 0.2) is 5.65 Å². The zero-order chi connectivity index (χ0) is 17.6. The van der Waals surface area contributed by atoms with Gasteiger partial charge in [-0.25, -0.2) is 9.67 Å². The van der Waals surface area contributed by atoms with E-state index in [2.05, 4.69) is 37.3 Å². The molecule has 5 nitrogen and oxygen atoms in total. The van der Waals surface area contributed by atoms with Gasteiger partial charge in [-0.1, -0.05) is 24.3 Å². The minimum atomic E-state index is -0.0342. The normalized spacial score (nSPS) is 14.2. The Bertz CT molecular complexity index is 953. The van der Waals surface area contributed by atoms with Crippen molar-refractivity contribution in [2.24, 2.45) is 0 Å². The molecule has 1 amide bonds. The van der Waals surface area contributed by atoms with Crippen molar-refractivity contribution in [3.8, 4) is 11.3 Å². The highest BCUT2D eigenvalue weighted by molar-refractivity contribution is 6.06. The number of aryl methyl sites for hydroxylation is 1. The van der Waals surface area contributed by atoms with Gasteiger partial charge in [0.1, 0.15) is 0 Å². The molecule has 0 radical (unpaired) electrons. The maximum Gasteiger partial charge on any atom is 0.252 e. The molecule has 0 aliphatic heterocycles. The lowest BCUT2D eigenvalue weighted by molar-refractivity contribution is 0.0952. The summed E-state index contributed by atoms with van der Waals surface area (Å²) < 4.78 is 1.88. The van der Waals surface area contributed by atoms with Crippen LogP contribution in [0.25, 0.3) is 22.3 Å². The van der Waals surface area contributed by atoms with E-state index in [1.807, 2.05) is 28.9 Å². The van der Waals surface area contributed by atoms with E-state index in [0.29, 0.717) is 11.6 Å². The van der Waals surface area contributed by atoms with Crippen molar-refractivity contribution in [2.75, 3.05) is 0 Å². The highest BCUT2D eigenvalue weighted by atomic mass is 16.1. The lowest BCUT2D eigenvalue weighted by atomic mass is 10.0. The fraction of sp³-hybridized carbons (Fsp3) is 0.350. The fourth-order valence-electron chi connectivity index (χ4n) is 3.07. The van der Waals surface area contributed by atoms with E-state index in [0.717, 1.165) is 40.7 Å². The van der Waals surface area contributed by atoms with Crippen molar-refractivity contribution < 1.29 is 4.79 Å². The molecule has 0 unspecified atom stereocenters. The third-order valence-corrected chi connectivity index (χ3v) is 4.63. The van der Waals surface area contributed by atoms with Crippen LogP contribution in [0.5, 0.6) is 0 Å². The highest BCUT2D eigenvalue weighted by Gasteiger charge is 2.26. The Morgan fingerprint density at radius 1 is 1.28 bits per heavy atom. The molecule has 2 aromatic heterocycles. The zero-order valence-electron chi connectivity index (χ0n) is 14.8. The van der Waals surface area contributed by atoms with E-state index < -0.39 is 0 Å². The van der Waals surface area contributed by atoms with Crippen LogP contribution in [0.2, 0.25) is 0 Å². The smallest absolute Gasteiger partial charge is 0.252 e. The number of benzene rings is 1. The quantitative estimate of drug-likeness (QED) is 0.787. The first-order chi connectivity index (χ1) is 12.0. The van der Waals surface area contributed by atoms with Gasteiger partial charge >= 0.3 is 0 Å². The summed E-state index contributed by atoms with van der Waals surface area (Å²) in [4.78, 5) is 17.6. The first-order valence-corrected chi connectivity index (χ1v) is 8.79. The number of hydrogen-bond donors (Lipinski definition) is 1. The largest absolute Gasteiger partial charge is 0.349 e. The first kappa shape index (κ1) is 15.8. The molecule has 1 aromatic carbocycles. The Labute approximate surface area is 147 Å². The Morgan fingerprint density at radius 3 is 2.72 bits per heavy atom. The monoisotopic (exact) mass is 334 g/mol. The van der Waals surface area contributed by atoms with Crippen LogP contribution in [0.1, 0.15) is 48.7 Å². The van der Waals surface area contributed by atoms with Crippen molar-refractivity contribution in [1.82, 2.24) is 20.1 Å². The molecule has 1 N–H and O–H groups in total. The van der Waals surface area contributed by atoms with Gasteiger partial charge in [-0.15, -0.1) is 0 Å². The number of pyridine rings is 1. The zero-order valence-corrected chi connectivity index (χ0v) is 14.8. The molecule has 128 valence electrons. The van der Waals surface area contributed by atoms with Gasteiger partial charge in [-0.3, -0.25) is 4.79 Å². The molecular formula is C20H22N4O. The second-order valence-corrected chi connectivity index (χ2v) is 7.04. The number of carbonyl (C=O) groups excluding carboxylic acids is 1. The van der Waals surface area contributed by atoms with E-state index in [9.17, 15) is 4.79 Å². The van der Waals surface area contributed by atoms with Crippen LogP contribution in [-0.2, 0) is 0 Å².